The van der Waals surface area contributed by atoms with E-state index in [0.717, 1.165) is 0 Å². The van der Waals surface area contributed by atoms with Gasteiger partial charge in [0, 0.05) is 6.08 Å². The SMILES string of the molecule is C=CC(=O)OCC(S(=O)(=O)O)S(=O)(=O)O.[Ca+2].[H-].[H-]. The molecule has 0 aromatic heterocycles. The van der Waals surface area contributed by atoms with Crippen LogP contribution < -0.4 is 0 Å². The fourth-order valence-electron chi connectivity index (χ4n) is 0.535. The molecule has 16 heavy (non-hydrogen) atoms. The maximum Gasteiger partial charge on any atom is 2.00 e. The zero-order chi connectivity index (χ0) is 12.3. The van der Waals surface area contributed by atoms with E-state index in [4.69, 9.17) is 9.11 Å². The quantitative estimate of drug-likeness (QED) is 0.276. The van der Waals surface area contributed by atoms with Crippen molar-refractivity contribution in [1.29, 1.82) is 0 Å². The maximum absolute atomic E-state index is 10.5. The Morgan fingerprint density at radius 3 is 1.94 bits per heavy atom. The minimum atomic E-state index is -5.08. The molecule has 0 aliphatic carbocycles. The van der Waals surface area contributed by atoms with Crippen LogP contribution in [0.25, 0.3) is 0 Å². The van der Waals surface area contributed by atoms with Gasteiger partial charge in [0.2, 0.25) is 4.58 Å². The van der Waals surface area contributed by atoms with Crippen molar-refractivity contribution < 1.29 is 38.3 Å². The van der Waals surface area contributed by atoms with E-state index in [2.05, 4.69) is 11.3 Å². The molecule has 0 heterocycles. The second-order valence-electron chi connectivity index (χ2n) is 2.29. The predicted molar refractivity (Wildman–Crippen MR) is 56.0 cm³/mol. The summed E-state index contributed by atoms with van der Waals surface area (Å²) in [7, 11) is -10.2. The fraction of sp³-hybridized carbons (Fsp3) is 0.400. The standard InChI is InChI=1S/C5H8O8S2.Ca.2H/c1-2-4(6)13-3-5(14(7,8)9)15(10,11)12;;;/h2,5H,1,3H2,(H,7,8,9)(H,10,11,12);;;/q;+2;2*-1. The van der Waals surface area contributed by atoms with Crippen molar-refractivity contribution in [1.82, 2.24) is 0 Å². The van der Waals surface area contributed by atoms with Crippen LogP contribution in [0.2, 0.25) is 0 Å². The summed E-state index contributed by atoms with van der Waals surface area (Å²) >= 11 is 0. The van der Waals surface area contributed by atoms with Gasteiger partial charge in [0.05, 0.1) is 0 Å². The Morgan fingerprint density at radius 2 is 1.69 bits per heavy atom. The third-order valence-electron chi connectivity index (χ3n) is 1.19. The molecule has 0 aromatic carbocycles. The van der Waals surface area contributed by atoms with Gasteiger partial charge in [-0.25, -0.2) is 4.79 Å². The molecule has 0 saturated carbocycles. The van der Waals surface area contributed by atoms with E-state index in [0.29, 0.717) is 6.08 Å². The average molecular weight is 302 g/mol. The summed E-state index contributed by atoms with van der Waals surface area (Å²) in [4.78, 5) is 10.5. The van der Waals surface area contributed by atoms with Gasteiger partial charge in [-0.05, 0) is 0 Å². The Balaban J connectivity index is -0.000000327. The van der Waals surface area contributed by atoms with Gasteiger partial charge in [-0.1, -0.05) is 6.58 Å². The number of esters is 1. The average Bonchev–Trinajstić information content (AvgIpc) is 1.99. The van der Waals surface area contributed by atoms with Gasteiger partial charge in [-0.15, -0.1) is 0 Å². The van der Waals surface area contributed by atoms with Crippen molar-refractivity contribution >= 4 is 63.9 Å². The molecule has 0 bridgehead atoms. The second-order valence-corrected chi connectivity index (χ2v) is 5.79. The summed E-state index contributed by atoms with van der Waals surface area (Å²) in [6.45, 7) is 1.74. The largest absolute Gasteiger partial charge is 2.00 e. The van der Waals surface area contributed by atoms with E-state index in [1.807, 2.05) is 0 Å². The monoisotopic (exact) mass is 302 g/mol. The molecule has 0 rings (SSSR count). The minimum Gasteiger partial charge on any atom is -1.00 e. The third-order valence-corrected chi connectivity index (χ3v) is 4.25. The van der Waals surface area contributed by atoms with Crippen LogP contribution in [-0.4, -0.2) is 80.8 Å². The van der Waals surface area contributed by atoms with Gasteiger partial charge < -0.3 is 7.59 Å². The summed E-state index contributed by atoms with van der Waals surface area (Å²) in [6.07, 6.45) is 0.658. The van der Waals surface area contributed by atoms with E-state index in [1.165, 1.54) is 0 Å². The summed E-state index contributed by atoms with van der Waals surface area (Å²) in [5.74, 6) is -1.09. The molecule has 2 N–H and O–H groups in total. The number of carbonyl (C=O) groups excluding carboxylic acids is 1. The molecule has 0 aromatic rings. The van der Waals surface area contributed by atoms with E-state index >= 15 is 0 Å². The Morgan fingerprint density at radius 1 is 1.31 bits per heavy atom. The van der Waals surface area contributed by atoms with Crippen molar-refractivity contribution in [2.75, 3.05) is 6.61 Å². The maximum atomic E-state index is 10.5. The minimum absolute atomic E-state index is 0. The van der Waals surface area contributed by atoms with E-state index in [9.17, 15) is 21.6 Å². The van der Waals surface area contributed by atoms with Crippen LogP contribution in [0, 0.1) is 0 Å². The van der Waals surface area contributed by atoms with Crippen molar-refractivity contribution in [3.63, 3.8) is 0 Å². The van der Waals surface area contributed by atoms with Crippen LogP contribution in [0.5, 0.6) is 0 Å². The van der Waals surface area contributed by atoms with Crippen molar-refractivity contribution in [2.45, 2.75) is 4.58 Å². The molecular weight excluding hydrogens is 292 g/mol. The van der Waals surface area contributed by atoms with Crippen LogP contribution in [0.1, 0.15) is 2.85 Å². The molecule has 0 radical (unpaired) electrons. The van der Waals surface area contributed by atoms with Crippen LogP contribution in [-0.2, 0) is 29.8 Å². The van der Waals surface area contributed by atoms with E-state index in [-0.39, 0.29) is 40.6 Å². The smallest absolute Gasteiger partial charge is 1.00 e. The Bertz CT molecular complexity index is 426. The summed E-state index contributed by atoms with van der Waals surface area (Å²) in [5.41, 5.74) is 0. The normalized spacial score (nSPS) is 11.7. The Hall–Kier alpha value is 0.290. The summed E-state index contributed by atoms with van der Waals surface area (Å²) in [6, 6.07) is 0. The van der Waals surface area contributed by atoms with Crippen LogP contribution in [0.4, 0.5) is 0 Å². The van der Waals surface area contributed by atoms with Crippen LogP contribution in [0.3, 0.4) is 0 Å². The number of ether oxygens (including phenoxy) is 1. The first-order valence-electron chi connectivity index (χ1n) is 3.31. The molecule has 0 saturated heterocycles. The van der Waals surface area contributed by atoms with Gasteiger partial charge in [0.1, 0.15) is 6.61 Å². The van der Waals surface area contributed by atoms with Gasteiger partial charge in [-0.3, -0.25) is 9.11 Å². The first-order chi connectivity index (χ1) is 6.59. The van der Waals surface area contributed by atoms with Crippen LogP contribution in [0.15, 0.2) is 12.7 Å². The molecule has 0 unspecified atom stereocenters. The second kappa shape index (κ2) is 6.89. The van der Waals surface area contributed by atoms with Gasteiger partial charge in [-0.2, -0.15) is 16.8 Å². The number of hydrogen-bond acceptors (Lipinski definition) is 6. The zero-order valence-electron chi connectivity index (χ0n) is 9.94. The molecule has 92 valence electrons. The van der Waals surface area contributed by atoms with Gasteiger partial charge in [0.25, 0.3) is 20.2 Å². The molecule has 0 aliphatic heterocycles. The van der Waals surface area contributed by atoms with Crippen LogP contribution >= 0.6 is 0 Å². The van der Waals surface area contributed by atoms with Gasteiger partial charge >= 0.3 is 43.7 Å². The number of hydrogen-bond donors (Lipinski definition) is 2. The molecule has 0 spiro atoms. The molecule has 8 nitrogen and oxygen atoms in total. The van der Waals surface area contributed by atoms with E-state index < -0.39 is 37.4 Å². The molecule has 0 amide bonds. The Labute approximate surface area is 125 Å². The van der Waals surface area contributed by atoms with E-state index in [1.54, 1.807) is 0 Å². The molecule has 11 heteroatoms. The first kappa shape index (κ1) is 18.6. The molecule has 0 fully saturated rings. The fourth-order valence-corrected chi connectivity index (χ4v) is 2.24. The zero-order valence-corrected chi connectivity index (χ0v) is 11.8. The molecular formula is C5H10CaO8S2. The molecule has 0 aliphatic rings. The first-order valence-corrected chi connectivity index (χ1v) is 6.31. The Kier molecular flexibility index (Phi) is 8.03. The number of carbonyl (C=O) groups is 1. The summed E-state index contributed by atoms with van der Waals surface area (Å²) in [5, 5.41) is 0. The predicted octanol–water partition coefficient (Wildman–Crippen LogP) is -1.34. The topological polar surface area (TPSA) is 135 Å². The van der Waals surface area contributed by atoms with Crippen molar-refractivity contribution in [3.8, 4) is 0 Å². The summed E-state index contributed by atoms with van der Waals surface area (Å²) < 4.78 is 60.2. The van der Waals surface area contributed by atoms with Crippen molar-refractivity contribution in [2.24, 2.45) is 0 Å². The molecule has 0 atom stereocenters. The van der Waals surface area contributed by atoms with Gasteiger partial charge in [0.15, 0.2) is 0 Å². The number of rotatable bonds is 5. The van der Waals surface area contributed by atoms with Crippen molar-refractivity contribution in [3.05, 3.63) is 12.7 Å². The third kappa shape index (κ3) is 6.78.